The zero-order valence-electron chi connectivity index (χ0n) is 18.3. The molecule has 0 bridgehead atoms. The van der Waals surface area contributed by atoms with E-state index in [1.165, 1.54) is 39.8 Å². The van der Waals surface area contributed by atoms with Crippen molar-refractivity contribution < 1.29 is 4.79 Å². The van der Waals surface area contributed by atoms with E-state index in [1.54, 1.807) is 0 Å². The van der Waals surface area contributed by atoms with Gasteiger partial charge in [-0.15, -0.1) is 21.5 Å². The molecule has 2 aromatic carbocycles. The van der Waals surface area contributed by atoms with E-state index >= 15 is 0 Å². The number of hydrogen-bond acceptors (Lipinski definition) is 6. The van der Waals surface area contributed by atoms with Gasteiger partial charge in [0.2, 0.25) is 5.91 Å². The molecule has 0 atom stereocenters. The lowest BCUT2D eigenvalue weighted by Crippen LogP contribution is -2.14. The average molecular weight is 464 g/mol. The molecule has 0 radical (unpaired) electrons. The summed E-state index contributed by atoms with van der Waals surface area (Å²) in [7, 11) is 0. The first kappa shape index (κ1) is 22.2. The van der Waals surface area contributed by atoms with Gasteiger partial charge in [-0.25, -0.2) is 4.98 Å². The maximum absolute atomic E-state index is 12.5. The van der Waals surface area contributed by atoms with Crippen LogP contribution in [0.15, 0.2) is 59.1 Å². The SMILES string of the molecule is CCn1c(Cc2ccccc2)nnc1SCC(=O)Nc1nc(-c2ccc(C)c(C)c2)cs1. The van der Waals surface area contributed by atoms with Crippen LogP contribution < -0.4 is 5.32 Å². The average Bonchev–Trinajstić information content (AvgIpc) is 3.41. The molecular weight excluding hydrogens is 438 g/mol. The van der Waals surface area contributed by atoms with Gasteiger partial charge in [0.05, 0.1) is 11.4 Å². The second kappa shape index (κ2) is 10.1. The number of thiazole rings is 1. The number of rotatable bonds is 8. The molecular formula is C24H25N5OS2. The Labute approximate surface area is 196 Å². The second-order valence-electron chi connectivity index (χ2n) is 7.48. The summed E-state index contributed by atoms with van der Waals surface area (Å²) in [5.74, 6) is 1.05. The fourth-order valence-corrected chi connectivity index (χ4v) is 4.86. The molecule has 32 heavy (non-hydrogen) atoms. The lowest BCUT2D eigenvalue weighted by molar-refractivity contribution is -0.113. The van der Waals surface area contributed by atoms with Crippen LogP contribution >= 0.6 is 23.1 Å². The molecule has 6 nitrogen and oxygen atoms in total. The van der Waals surface area contributed by atoms with Crippen LogP contribution in [0.1, 0.15) is 29.4 Å². The summed E-state index contributed by atoms with van der Waals surface area (Å²) in [5, 5.41) is 14.9. The lowest BCUT2D eigenvalue weighted by Gasteiger charge is -2.07. The summed E-state index contributed by atoms with van der Waals surface area (Å²) >= 11 is 2.82. The van der Waals surface area contributed by atoms with Crippen molar-refractivity contribution in [3.63, 3.8) is 0 Å². The standard InChI is InChI=1S/C24H25N5OS2/c1-4-29-21(13-18-8-6-5-7-9-18)27-28-24(29)32-15-22(30)26-23-25-20(14-31-23)19-11-10-16(2)17(3)12-19/h5-12,14H,4,13,15H2,1-3H3,(H,25,26,30). The fourth-order valence-electron chi connectivity index (χ4n) is 3.30. The van der Waals surface area contributed by atoms with Crippen molar-refractivity contribution in [2.75, 3.05) is 11.1 Å². The Morgan fingerprint density at radius 2 is 1.91 bits per heavy atom. The molecule has 0 spiro atoms. The first-order valence-corrected chi connectivity index (χ1v) is 12.3. The summed E-state index contributed by atoms with van der Waals surface area (Å²) < 4.78 is 2.06. The quantitative estimate of drug-likeness (QED) is 0.356. The molecule has 0 aliphatic rings. The predicted octanol–water partition coefficient (Wildman–Crippen LogP) is 5.36. The number of aromatic nitrogens is 4. The molecule has 0 aliphatic carbocycles. The zero-order chi connectivity index (χ0) is 22.5. The largest absolute Gasteiger partial charge is 0.306 e. The third-order valence-corrected chi connectivity index (χ3v) is 6.92. The minimum atomic E-state index is -0.105. The van der Waals surface area contributed by atoms with Gasteiger partial charge in [-0.05, 0) is 43.5 Å². The highest BCUT2D eigenvalue weighted by molar-refractivity contribution is 7.99. The molecule has 4 rings (SSSR count). The van der Waals surface area contributed by atoms with Gasteiger partial charge in [-0.1, -0.05) is 54.2 Å². The highest BCUT2D eigenvalue weighted by Gasteiger charge is 2.15. The Morgan fingerprint density at radius 3 is 2.66 bits per heavy atom. The molecule has 164 valence electrons. The number of carbonyl (C=O) groups is 1. The van der Waals surface area contributed by atoms with Gasteiger partial charge in [-0.2, -0.15) is 0 Å². The van der Waals surface area contributed by atoms with Crippen molar-refractivity contribution in [3.05, 3.63) is 76.4 Å². The van der Waals surface area contributed by atoms with E-state index in [0.717, 1.165) is 35.2 Å². The van der Waals surface area contributed by atoms with Crippen molar-refractivity contribution in [2.24, 2.45) is 0 Å². The van der Waals surface area contributed by atoms with Crippen LogP contribution in [-0.4, -0.2) is 31.4 Å². The molecule has 4 aromatic rings. The maximum atomic E-state index is 12.5. The molecule has 0 saturated carbocycles. The maximum Gasteiger partial charge on any atom is 0.236 e. The Morgan fingerprint density at radius 1 is 1.09 bits per heavy atom. The third-order valence-electron chi connectivity index (χ3n) is 5.20. The molecule has 0 fully saturated rings. The van der Waals surface area contributed by atoms with Crippen LogP contribution in [0.5, 0.6) is 0 Å². The summed E-state index contributed by atoms with van der Waals surface area (Å²) in [6.45, 7) is 7.00. The highest BCUT2D eigenvalue weighted by Crippen LogP contribution is 2.27. The highest BCUT2D eigenvalue weighted by atomic mass is 32.2. The molecule has 1 amide bonds. The van der Waals surface area contributed by atoms with Gasteiger partial charge in [0.15, 0.2) is 10.3 Å². The predicted molar refractivity (Wildman–Crippen MR) is 131 cm³/mol. The topological polar surface area (TPSA) is 72.7 Å². The van der Waals surface area contributed by atoms with Crippen molar-refractivity contribution in [1.29, 1.82) is 0 Å². The number of hydrogen-bond donors (Lipinski definition) is 1. The minimum absolute atomic E-state index is 0.105. The van der Waals surface area contributed by atoms with Crippen LogP contribution in [0, 0.1) is 13.8 Å². The van der Waals surface area contributed by atoms with Crippen LogP contribution in [-0.2, 0) is 17.8 Å². The van der Waals surface area contributed by atoms with Crippen molar-refractivity contribution in [2.45, 2.75) is 38.9 Å². The van der Waals surface area contributed by atoms with E-state index in [2.05, 4.69) is 76.2 Å². The van der Waals surface area contributed by atoms with E-state index in [4.69, 9.17) is 0 Å². The van der Waals surface area contributed by atoms with E-state index < -0.39 is 0 Å². The van der Waals surface area contributed by atoms with Crippen molar-refractivity contribution >= 4 is 34.1 Å². The zero-order valence-corrected chi connectivity index (χ0v) is 20.0. The molecule has 2 heterocycles. The van der Waals surface area contributed by atoms with E-state index in [-0.39, 0.29) is 11.7 Å². The fraction of sp³-hybridized carbons (Fsp3) is 0.250. The molecule has 8 heteroatoms. The van der Waals surface area contributed by atoms with Gasteiger partial charge in [0, 0.05) is 23.9 Å². The van der Waals surface area contributed by atoms with Crippen LogP contribution in [0.2, 0.25) is 0 Å². The Balaban J connectivity index is 1.36. The number of nitrogens with one attached hydrogen (secondary N) is 1. The second-order valence-corrected chi connectivity index (χ2v) is 9.28. The summed E-state index contributed by atoms with van der Waals surface area (Å²) in [5.41, 5.74) is 5.59. The Hall–Kier alpha value is -2.97. The number of nitrogens with zero attached hydrogens (tertiary/aromatic N) is 4. The Bertz CT molecular complexity index is 1220. The normalized spacial score (nSPS) is 11.0. The first-order chi connectivity index (χ1) is 15.5. The summed E-state index contributed by atoms with van der Waals surface area (Å²) in [6, 6.07) is 16.5. The number of anilines is 1. The minimum Gasteiger partial charge on any atom is -0.306 e. The Kier molecular flexibility index (Phi) is 7.02. The number of thioether (sulfide) groups is 1. The molecule has 0 unspecified atom stereocenters. The van der Waals surface area contributed by atoms with Crippen LogP contribution in [0.25, 0.3) is 11.3 Å². The molecule has 0 aliphatic heterocycles. The van der Waals surface area contributed by atoms with Crippen molar-refractivity contribution in [1.82, 2.24) is 19.7 Å². The molecule has 2 aromatic heterocycles. The van der Waals surface area contributed by atoms with Gasteiger partial charge in [0.25, 0.3) is 0 Å². The van der Waals surface area contributed by atoms with Crippen LogP contribution in [0.3, 0.4) is 0 Å². The van der Waals surface area contributed by atoms with E-state index in [1.807, 2.05) is 23.6 Å². The van der Waals surface area contributed by atoms with E-state index in [0.29, 0.717) is 5.13 Å². The van der Waals surface area contributed by atoms with Crippen LogP contribution in [0.4, 0.5) is 5.13 Å². The smallest absolute Gasteiger partial charge is 0.236 e. The van der Waals surface area contributed by atoms with Gasteiger partial charge in [0.1, 0.15) is 5.82 Å². The number of amides is 1. The van der Waals surface area contributed by atoms with E-state index in [9.17, 15) is 4.79 Å². The number of benzene rings is 2. The van der Waals surface area contributed by atoms with Gasteiger partial charge < -0.3 is 9.88 Å². The monoisotopic (exact) mass is 463 g/mol. The van der Waals surface area contributed by atoms with Gasteiger partial charge >= 0.3 is 0 Å². The van der Waals surface area contributed by atoms with Crippen molar-refractivity contribution in [3.8, 4) is 11.3 Å². The summed E-state index contributed by atoms with van der Waals surface area (Å²) in [6.07, 6.45) is 0.717. The lowest BCUT2D eigenvalue weighted by atomic mass is 10.1. The third kappa shape index (κ3) is 5.26. The number of aryl methyl sites for hydroxylation is 2. The molecule has 1 N–H and O–H groups in total. The van der Waals surface area contributed by atoms with Gasteiger partial charge in [-0.3, -0.25) is 4.79 Å². The molecule has 0 saturated heterocycles. The first-order valence-electron chi connectivity index (χ1n) is 10.4. The number of carbonyl (C=O) groups excluding carboxylic acids is 1. The summed E-state index contributed by atoms with van der Waals surface area (Å²) in [4.78, 5) is 17.1.